The smallest absolute Gasteiger partial charge is 0.191 e. The van der Waals surface area contributed by atoms with Crippen LogP contribution < -0.4 is 10.6 Å². The maximum Gasteiger partial charge on any atom is 0.191 e. The van der Waals surface area contributed by atoms with E-state index < -0.39 is 9.84 Å². The highest BCUT2D eigenvalue weighted by Gasteiger charge is 2.58. The fraction of sp³-hybridized carbons (Fsp3) is 0.950. The van der Waals surface area contributed by atoms with E-state index in [9.17, 15) is 8.42 Å². The first-order chi connectivity index (χ1) is 12.9. The van der Waals surface area contributed by atoms with Crippen LogP contribution >= 0.6 is 0 Å². The second kappa shape index (κ2) is 7.54. The predicted molar refractivity (Wildman–Crippen MR) is 108 cm³/mol. The maximum atomic E-state index is 11.7. The van der Waals surface area contributed by atoms with Gasteiger partial charge >= 0.3 is 0 Å². The van der Waals surface area contributed by atoms with Gasteiger partial charge in [-0.25, -0.2) is 8.42 Å². The highest BCUT2D eigenvalue weighted by Crippen LogP contribution is 2.51. The van der Waals surface area contributed by atoms with Gasteiger partial charge in [-0.15, -0.1) is 0 Å². The summed E-state index contributed by atoms with van der Waals surface area (Å²) in [7, 11) is -2.84. The molecule has 154 valence electrons. The van der Waals surface area contributed by atoms with Crippen LogP contribution in [0.2, 0.25) is 0 Å². The second-order valence-electron chi connectivity index (χ2n) is 9.62. The van der Waals surface area contributed by atoms with E-state index in [1.54, 1.807) is 0 Å². The Kier molecular flexibility index (Phi) is 5.45. The Bertz CT molecular complexity index is 670. The summed E-state index contributed by atoms with van der Waals surface area (Å²) in [5.74, 6) is 2.21. The third-order valence-corrected chi connectivity index (χ3v) is 8.99. The molecule has 0 amide bonds. The van der Waals surface area contributed by atoms with Gasteiger partial charge in [-0.2, -0.15) is 0 Å². The fourth-order valence-electron chi connectivity index (χ4n) is 5.60. The van der Waals surface area contributed by atoms with E-state index in [0.29, 0.717) is 42.2 Å². The number of aliphatic imine (C=N–C) groups is 1. The van der Waals surface area contributed by atoms with E-state index in [2.05, 4.69) is 24.5 Å². The molecule has 2 saturated carbocycles. The van der Waals surface area contributed by atoms with Crippen LogP contribution in [0.25, 0.3) is 0 Å². The standard InChI is InChI=1S/C20H35N3O3S/c1-20(2)17(16-8-5-10-26-18(16)20)23-19(22-15-6-3-4-7-15)21-12-14-9-11-27(24,25)13-14/h14-18H,3-13H2,1-2H3,(H2,21,22,23). The lowest BCUT2D eigenvalue weighted by Crippen LogP contribution is -2.71. The zero-order valence-corrected chi connectivity index (χ0v) is 17.6. The molecule has 4 rings (SSSR count). The number of ether oxygens (including phenoxy) is 1. The normalized spacial score (nSPS) is 38.2. The van der Waals surface area contributed by atoms with Crippen molar-refractivity contribution in [1.29, 1.82) is 0 Å². The van der Waals surface area contributed by atoms with Crippen LogP contribution in [0.15, 0.2) is 4.99 Å². The largest absolute Gasteiger partial charge is 0.377 e. The van der Waals surface area contributed by atoms with Gasteiger partial charge < -0.3 is 15.4 Å². The van der Waals surface area contributed by atoms with Crippen molar-refractivity contribution in [3.8, 4) is 0 Å². The molecule has 2 aliphatic carbocycles. The number of hydrogen-bond donors (Lipinski definition) is 2. The van der Waals surface area contributed by atoms with Gasteiger partial charge in [-0.1, -0.05) is 26.7 Å². The Labute approximate surface area is 163 Å². The van der Waals surface area contributed by atoms with Crippen LogP contribution in [0, 0.1) is 17.3 Å². The van der Waals surface area contributed by atoms with Gasteiger partial charge in [0.2, 0.25) is 0 Å². The minimum atomic E-state index is -2.84. The predicted octanol–water partition coefficient (Wildman–Crippen LogP) is 2.10. The summed E-state index contributed by atoms with van der Waals surface area (Å²) in [4.78, 5) is 4.85. The van der Waals surface area contributed by atoms with Crippen LogP contribution in [0.5, 0.6) is 0 Å². The van der Waals surface area contributed by atoms with Crippen molar-refractivity contribution in [2.24, 2.45) is 22.2 Å². The maximum absolute atomic E-state index is 11.7. The molecule has 0 aromatic carbocycles. The molecule has 0 spiro atoms. The molecule has 4 atom stereocenters. The van der Waals surface area contributed by atoms with Crippen LogP contribution in [0.1, 0.15) is 58.8 Å². The number of fused-ring (bicyclic) bond motifs is 1. The zero-order chi connectivity index (χ0) is 19.1. The van der Waals surface area contributed by atoms with Gasteiger partial charge in [-0.3, -0.25) is 4.99 Å². The van der Waals surface area contributed by atoms with Crippen LogP contribution in [-0.2, 0) is 14.6 Å². The van der Waals surface area contributed by atoms with Gasteiger partial charge in [-0.05, 0) is 38.0 Å². The molecule has 7 heteroatoms. The molecule has 2 N–H and O–H groups in total. The van der Waals surface area contributed by atoms with Crippen molar-refractivity contribution in [1.82, 2.24) is 10.6 Å². The van der Waals surface area contributed by atoms with Crippen LogP contribution in [0.3, 0.4) is 0 Å². The van der Waals surface area contributed by atoms with Crippen molar-refractivity contribution >= 4 is 15.8 Å². The molecule has 6 nitrogen and oxygen atoms in total. The quantitative estimate of drug-likeness (QED) is 0.561. The van der Waals surface area contributed by atoms with E-state index in [1.807, 2.05) is 0 Å². The van der Waals surface area contributed by atoms with Crippen LogP contribution in [0.4, 0.5) is 0 Å². The van der Waals surface area contributed by atoms with E-state index in [0.717, 1.165) is 25.4 Å². The third kappa shape index (κ3) is 4.14. The molecule has 2 heterocycles. The van der Waals surface area contributed by atoms with Crippen molar-refractivity contribution in [2.75, 3.05) is 24.7 Å². The monoisotopic (exact) mass is 397 g/mol. The Morgan fingerprint density at radius 3 is 2.59 bits per heavy atom. The molecule has 27 heavy (non-hydrogen) atoms. The van der Waals surface area contributed by atoms with Crippen molar-refractivity contribution in [2.45, 2.75) is 77.0 Å². The first kappa shape index (κ1) is 19.5. The Morgan fingerprint density at radius 2 is 1.89 bits per heavy atom. The van der Waals surface area contributed by atoms with E-state index >= 15 is 0 Å². The average Bonchev–Trinajstić information content (AvgIpc) is 3.26. The Hall–Kier alpha value is -0.820. The van der Waals surface area contributed by atoms with Gasteiger partial charge in [0.15, 0.2) is 15.8 Å². The summed E-state index contributed by atoms with van der Waals surface area (Å²) in [6.07, 6.45) is 8.38. The number of sulfone groups is 1. The highest BCUT2D eigenvalue weighted by molar-refractivity contribution is 7.91. The number of guanidine groups is 1. The number of hydrogen-bond acceptors (Lipinski definition) is 4. The summed E-state index contributed by atoms with van der Waals surface area (Å²) in [5, 5.41) is 7.37. The average molecular weight is 398 g/mol. The Morgan fingerprint density at radius 1 is 1.11 bits per heavy atom. The van der Waals surface area contributed by atoms with E-state index in [1.165, 1.54) is 32.1 Å². The molecule has 4 fully saturated rings. The van der Waals surface area contributed by atoms with Gasteiger partial charge in [0.25, 0.3) is 0 Å². The third-order valence-electron chi connectivity index (χ3n) is 7.15. The lowest BCUT2D eigenvalue weighted by atomic mass is 9.55. The topological polar surface area (TPSA) is 79.8 Å². The van der Waals surface area contributed by atoms with Crippen LogP contribution in [-0.4, -0.2) is 57.2 Å². The van der Waals surface area contributed by atoms with E-state index in [-0.39, 0.29) is 11.3 Å². The summed E-state index contributed by atoms with van der Waals surface area (Å²) in [6.45, 7) is 6.05. The van der Waals surface area contributed by atoms with Gasteiger partial charge in [0.05, 0.1) is 17.6 Å². The zero-order valence-electron chi connectivity index (χ0n) is 16.7. The summed E-state index contributed by atoms with van der Waals surface area (Å²) < 4.78 is 29.5. The molecule has 0 radical (unpaired) electrons. The lowest BCUT2D eigenvalue weighted by molar-refractivity contribution is -0.188. The Balaban J connectivity index is 1.43. The highest BCUT2D eigenvalue weighted by atomic mass is 32.2. The molecule has 0 aromatic rings. The minimum Gasteiger partial charge on any atom is -0.377 e. The van der Waals surface area contributed by atoms with Gasteiger partial charge in [0, 0.05) is 36.6 Å². The summed E-state index contributed by atoms with van der Waals surface area (Å²) in [6, 6.07) is 0.855. The second-order valence-corrected chi connectivity index (χ2v) is 11.9. The molecule has 4 unspecified atom stereocenters. The van der Waals surface area contributed by atoms with Crippen molar-refractivity contribution in [3.05, 3.63) is 0 Å². The molecular weight excluding hydrogens is 362 g/mol. The minimum absolute atomic E-state index is 0.0971. The van der Waals surface area contributed by atoms with Crippen molar-refractivity contribution in [3.63, 3.8) is 0 Å². The number of rotatable bonds is 4. The number of nitrogens with one attached hydrogen (secondary N) is 2. The summed E-state index contributed by atoms with van der Waals surface area (Å²) in [5.41, 5.74) is 0.0971. The summed E-state index contributed by atoms with van der Waals surface area (Å²) >= 11 is 0. The molecule has 2 saturated heterocycles. The van der Waals surface area contributed by atoms with Gasteiger partial charge in [0.1, 0.15) is 0 Å². The molecule has 4 aliphatic rings. The molecule has 0 bridgehead atoms. The van der Waals surface area contributed by atoms with Crippen molar-refractivity contribution < 1.29 is 13.2 Å². The lowest BCUT2D eigenvalue weighted by Gasteiger charge is -2.60. The molecule has 2 aliphatic heterocycles. The molecular formula is C20H35N3O3S. The number of nitrogens with zero attached hydrogens (tertiary/aromatic N) is 1. The fourth-order valence-corrected chi connectivity index (χ4v) is 7.45. The first-order valence-corrected chi connectivity index (χ1v) is 12.6. The SMILES string of the molecule is CC1(C)C(NC(=NCC2CCS(=O)(=O)C2)NC2CCCC2)C2CCCOC21. The first-order valence-electron chi connectivity index (χ1n) is 10.7. The molecule has 0 aromatic heterocycles. The van der Waals surface area contributed by atoms with E-state index in [4.69, 9.17) is 9.73 Å².